The second kappa shape index (κ2) is 5.07. The number of hydrogen-bond acceptors (Lipinski definition) is 4. The lowest BCUT2D eigenvalue weighted by Gasteiger charge is -1.99. The van der Waals surface area contributed by atoms with Crippen LogP contribution in [0.5, 0.6) is 0 Å². The van der Waals surface area contributed by atoms with Gasteiger partial charge in [-0.2, -0.15) is 0 Å². The van der Waals surface area contributed by atoms with Gasteiger partial charge in [-0.25, -0.2) is 0 Å². The average molecular weight is 226 g/mol. The molecule has 0 atom stereocenters. The number of Topliss-reactive ketones (excluding diaryl/α,β-unsaturated/α-hetero) is 1. The first-order chi connectivity index (χ1) is 7.04. The van der Waals surface area contributed by atoms with Gasteiger partial charge in [-0.1, -0.05) is 13.8 Å². The smallest absolute Gasteiger partial charge is 0.310 e. The monoisotopic (exact) mass is 226 g/mol. The number of rotatable bonds is 4. The summed E-state index contributed by atoms with van der Waals surface area (Å²) < 4.78 is 4.55. The summed E-state index contributed by atoms with van der Waals surface area (Å²) in [6.45, 7) is 3.73. The zero-order valence-corrected chi connectivity index (χ0v) is 9.89. The molecule has 15 heavy (non-hydrogen) atoms. The Hall–Kier alpha value is -1.16. The molecule has 4 heteroatoms. The van der Waals surface area contributed by atoms with Crippen LogP contribution in [0.2, 0.25) is 0 Å². The van der Waals surface area contributed by atoms with E-state index in [1.807, 2.05) is 13.8 Å². The van der Waals surface area contributed by atoms with E-state index in [9.17, 15) is 9.59 Å². The Balaban J connectivity index is 2.72. The van der Waals surface area contributed by atoms with Gasteiger partial charge in [0.15, 0.2) is 5.78 Å². The second-order valence-electron chi connectivity index (χ2n) is 3.54. The molecule has 0 aromatic carbocycles. The zero-order chi connectivity index (χ0) is 11.4. The molecule has 0 amide bonds. The average Bonchev–Trinajstić information content (AvgIpc) is 2.64. The Morgan fingerprint density at radius 2 is 2.07 bits per heavy atom. The van der Waals surface area contributed by atoms with E-state index in [4.69, 9.17) is 0 Å². The number of carbonyl (C=O) groups is 2. The van der Waals surface area contributed by atoms with Crippen molar-refractivity contribution in [2.45, 2.75) is 20.3 Å². The number of esters is 1. The van der Waals surface area contributed by atoms with Gasteiger partial charge in [0.25, 0.3) is 0 Å². The summed E-state index contributed by atoms with van der Waals surface area (Å²) in [5.74, 6) is -0.161. The Bertz CT molecular complexity index is 366. The molecule has 0 saturated heterocycles. The first-order valence-electron chi connectivity index (χ1n) is 4.74. The molecule has 0 spiro atoms. The predicted octanol–water partition coefficient (Wildman–Crippen LogP) is 2.30. The first-order valence-corrected chi connectivity index (χ1v) is 5.56. The van der Waals surface area contributed by atoms with E-state index in [2.05, 4.69) is 4.74 Å². The van der Waals surface area contributed by atoms with Crippen molar-refractivity contribution in [3.8, 4) is 0 Å². The number of ketones is 1. The van der Waals surface area contributed by atoms with Crippen LogP contribution in [0.25, 0.3) is 0 Å². The molecule has 1 heterocycles. The van der Waals surface area contributed by atoms with Crippen LogP contribution in [0.15, 0.2) is 12.1 Å². The van der Waals surface area contributed by atoms with Crippen molar-refractivity contribution in [1.29, 1.82) is 0 Å². The third-order valence-corrected chi connectivity index (χ3v) is 3.07. The highest BCUT2D eigenvalue weighted by Crippen LogP contribution is 2.20. The van der Waals surface area contributed by atoms with Gasteiger partial charge < -0.3 is 4.74 Å². The van der Waals surface area contributed by atoms with Gasteiger partial charge in [-0.15, -0.1) is 11.3 Å². The normalized spacial score (nSPS) is 10.4. The number of carbonyl (C=O) groups excluding carboxylic acids is 2. The summed E-state index contributed by atoms with van der Waals surface area (Å²) >= 11 is 1.36. The van der Waals surface area contributed by atoms with Gasteiger partial charge in [0.2, 0.25) is 0 Å². The van der Waals surface area contributed by atoms with Crippen LogP contribution in [0.3, 0.4) is 0 Å². The standard InChI is InChI=1S/C11H14O3S/c1-7(2)11(13)9-5-4-8(15-9)6-10(12)14-3/h4-5,7H,6H2,1-3H3. The quantitative estimate of drug-likeness (QED) is 0.584. The van der Waals surface area contributed by atoms with Crippen molar-refractivity contribution in [2.24, 2.45) is 5.92 Å². The van der Waals surface area contributed by atoms with E-state index in [-0.39, 0.29) is 24.1 Å². The van der Waals surface area contributed by atoms with E-state index in [0.29, 0.717) is 4.88 Å². The summed E-state index contributed by atoms with van der Waals surface area (Å²) in [4.78, 5) is 24.2. The van der Waals surface area contributed by atoms with E-state index in [0.717, 1.165) is 4.88 Å². The molecule has 0 N–H and O–H groups in total. The minimum Gasteiger partial charge on any atom is -0.469 e. The maximum absolute atomic E-state index is 11.6. The fourth-order valence-corrected chi connectivity index (χ4v) is 2.19. The lowest BCUT2D eigenvalue weighted by atomic mass is 10.1. The van der Waals surface area contributed by atoms with Crippen molar-refractivity contribution < 1.29 is 14.3 Å². The number of ether oxygens (including phenoxy) is 1. The molecule has 0 bridgehead atoms. The third-order valence-electron chi connectivity index (χ3n) is 1.98. The molecule has 0 unspecified atom stereocenters. The minimum atomic E-state index is -0.277. The van der Waals surface area contributed by atoms with Crippen LogP contribution >= 0.6 is 11.3 Å². The highest BCUT2D eigenvalue weighted by Gasteiger charge is 2.14. The maximum atomic E-state index is 11.6. The van der Waals surface area contributed by atoms with Crippen molar-refractivity contribution in [3.63, 3.8) is 0 Å². The van der Waals surface area contributed by atoms with Gasteiger partial charge >= 0.3 is 5.97 Å². The Morgan fingerprint density at radius 3 is 2.60 bits per heavy atom. The van der Waals surface area contributed by atoms with Crippen LogP contribution in [0, 0.1) is 5.92 Å². The summed E-state index contributed by atoms with van der Waals surface area (Å²) in [5.41, 5.74) is 0. The van der Waals surface area contributed by atoms with Gasteiger partial charge in [0, 0.05) is 10.8 Å². The Kier molecular flexibility index (Phi) is 4.03. The third kappa shape index (κ3) is 3.16. The zero-order valence-electron chi connectivity index (χ0n) is 9.07. The van der Waals surface area contributed by atoms with Crippen LogP contribution < -0.4 is 0 Å². The van der Waals surface area contributed by atoms with Crippen molar-refractivity contribution in [1.82, 2.24) is 0 Å². The van der Waals surface area contributed by atoms with E-state index in [1.54, 1.807) is 12.1 Å². The Morgan fingerprint density at radius 1 is 1.40 bits per heavy atom. The highest BCUT2D eigenvalue weighted by molar-refractivity contribution is 7.14. The fraction of sp³-hybridized carbons (Fsp3) is 0.455. The topological polar surface area (TPSA) is 43.4 Å². The SMILES string of the molecule is COC(=O)Cc1ccc(C(=O)C(C)C)s1. The largest absolute Gasteiger partial charge is 0.469 e. The molecule has 0 fully saturated rings. The van der Waals surface area contributed by atoms with Crippen molar-refractivity contribution in [2.75, 3.05) is 7.11 Å². The van der Waals surface area contributed by atoms with Gasteiger partial charge in [-0.3, -0.25) is 9.59 Å². The molecular weight excluding hydrogens is 212 g/mol. The highest BCUT2D eigenvalue weighted by atomic mass is 32.1. The molecule has 0 aliphatic rings. The summed E-state index contributed by atoms with van der Waals surface area (Å²) in [7, 11) is 1.36. The summed E-state index contributed by atoms with van der Waals surface area (Å²) in [6, 6.07) is 3.57. The predicted molar refractivity (Wildman–Crippen MR) is 59.2 cm³/mol. The fourth-order valence-electron chi connectivity index (χ4n) is 1.10. The van der Waals surface area contributed by atoms with Crippen LogP contribution in [-0.4, -0.2) is 18.9 Å². The van der Waals surface area contributed by atoms with Gasteiger partial charge in [0.05, 0.1) is 18.4 Å². The number of hydrogen-bond donors (Lipinski definition) is 0. The van der Waals surface area contributed by atoms with Gasteiger partial charge in [-0.05, 0) is 12.1 Å². The van der Waals surface area contributed by atoms with E-state index < -0.39 is 0 Å². The molecule has 0 saturated carbocycles. The minimum absolute atomic E-state index is 0.00498. The number of methoxy groups -OCH3 is 1. The number of thiophene rings is 1. The summed E-state index contributed by atoms with van der Waals surface area (Å²) in [5, 5.41) is 0. The van der Waals surface area contributed by atoms with Crippen molar-refractivity contribution >= 4 is 23.1 Å². The molecule has 0 aliphatic heterocycles. The van der Waals surface area contributed by atoms with Gasteiger partial charge in [0.1, 0.15) is 0 Å². The molecule has 1 rings (SSSR count). The molecule has 0 radical (unpaired) electrons. The molecule has 1 aromatic heterocycles. The second-order valence-corrected chi connectivity index (χ2v) is 4.71. The first kappa shape index (κ1) is 11.9. The molecular formula is C11H14O3S. The molecule has 0 aliphatic carbocycles. The lowest BCUT2D eigenvalue weighted by molar-refractivity contribution is -0.139. The molecule has 1 aromatic rings. The van der Waals surface area contributed by atoms with Crippen LogP contribution in [0.1, 0.15) is 28.4 Å². The van der Waals surface area contributed by atoms with Crippen LogP contribution in [-0.2, 0) is 16.0 Å². The van der Waals surface area contributed by atoms with Crippen LogP contribution in [0.4, 0.5) is 0 Å². The molecule has 3 nitrogen and oxygen atoms in total. The van der Waals surface area contributed by atoms with E-state index in [1.165, 1.54) is 18.4 Å². The molecule has 82 valence electrons. The van der Waals surface area contributed by atoms with E-state index >= 15 is 0 Å². The Labute approximate surface area is 93.1 Å². The van der Waals surface area contributed by atoms with Crippen molar-refractivity contribution in [3.05, 3.63) is 21.9 Å². The lowest BCUT2D eigenvalue weighted by Crippen LogP contribution is -2.05. The summed E-state index contributed by atoms with van der Waals surface area (Å²) in [6.07, 6.45) is 0.243. The maximum Gasteiger partial charge on any atom is 0.310 e.